The Bertz CT molecular complexity index is 1320. The van der Waals surface area contributed by atoms with E-state index < -0.39 is 0 Å². The van der Waals surface area contributed by atoms with Crippen LogP contribution in [-0.2, 0) is 6.54 Å². The number of H-pyrrole nitrogens is 2. The van der Waals surface area contributed by atoms with E-state index >= 15 is 0 Å². The highest BCUT2D eigenvalue weighted by Crippen LogP contribution is 2.28. The lowest BCUT2D eigenvalue weighted by Crippen LogP contribution is -2.01. The van der Waals surface area contributed by atoms with E-state index in [1.807, 2.05) is 24.0 Å². The third-order valence-electron chi connectivity index (χ3n) is 5.26. The number of aryl methyl sites for hydroxylation is 3. The molecule has 0 aliphatic carbocycles. The lowest BCUT2D eigenvalue weighted by Gasteiger charge is -2.07. The predicted molar refractivity (Wildman–Crippen MR) is 112 cm³/mol. The Hall–Kier alpha value is -3.74. The SMILES string of the molecule is Cc1ccc(Cn2cc(-c3c[nH]c4ncc(-c5cn[nH]c5C)nc34)cn2)c(C)c1. The topological polar surface area (TPSA) is 88.1 Å². The molecule has 7 nitrogen and oxygen atoms in total. The molecular weight excluding hydrogens is 362 g/mol. The van der Waals surface area contributed by atoms with Crippen LogP contribution in [0, 0.1) is 20.8 Å². The average molecular weight is 383 g/mol. The quantitative estimate of drug-likeness (QED) is 0.487. The molecule has 5 aromatic rings. The summed E-state index contributed by atoms with van der Waals surface area (Å²) in [4.78, 5) is 12.6. The highest BCUT2D eigenvalue weighted by molar-refractivity contribution is 5.91. The summed E-state index contributed by atoms with van der Waals surface area (Å²) in [6.07, 6.45) is 9.42. The van der Waals surface area contributed by atoms with E-state index in [1.165, 1.54) is 16.7 Å². The van der Waals surface area contributed by atoms with Gasteiger partial charge in [0.2, 0.25) is 0 Å². The summed E-state index contributed by atoms with van der Waals surface area (Å²) >= 11 is 0. The molecule has 0 saturated heterocycles. The second-order valence-corrected chi connectivity index (χ2v) is 7.42. The van der Waals surface area contributed by atoms with Gasteiger partial charge in [-0.2, -0.15) is 10.2 Å². The van der Waals surface area contributed by atoms with Crippen LogP contribution in [0.1, 0.15) is 22.4 Å². The summed E-state index contributed by atoms with van der Waals surface area (Å²) in [6.45, 7) is 6.96. The van der Waals surface area contributed by atoms with Crippen LogP contribution in [0.25, 0.3) is 33.5 Å². The van der Waals surface area contributed by atoms with Gasteiger partial charge in [0.25, 0.3) is 0 Å². The highest BCUT2D eigenvalue weighted by atomic mass is 15.3. The molecule has 0 unspecified atom stereocenters. The molecule has 0 atom stereocenters. The van der Waals surface area contributed by atoms with Crippen LogP contribution in [0.4, 0.5) is 0 Å². The van der Waals surface area contributed by atoms with E-state index in [0.717, 1.165) is 45.8 Å². The molecule has 4 heterocycles. The molecule has 0 fully saturated rings. The van der Waals surface area contributed by atoms with Gasteiger partial charge in [0, 0.05) is 34.8 Å². The Balaban J connectivity index is 1.50. The molecule has 0 saturated carbocycles. The van der Waals surface area contributed by atoms with Crippen molar-refractivity contribution >= 4 is 11.2 Å². The van der Waals surface area contributed by atoms with Gasteiger partial charge in [0.1, 0.15) is 5.52 Å². The van der Waals surface area contributed by atoms with Gasteiger partial charge in [-0.05, 0) is 31.9 Å². The minimum atomic E-state index is 0.736. The minimum Gasteiger partial charge on any atom is -0.344 e. The van der Waals surface area contributed by atoms with Crippen molar-refractivity contribution < 1.29 is 0 Å². The zero-order valence-electron chi connectivity index (χ0n) is 16.6. The fourth-order valence-corrected chi connectivity index (χ4v) is 3.64. The maximum atomic E-state index is 4.84. The minimum absolute atomic E-state index is 0.736. The van der Waals surface area contributed by atoms with Crippen LogP contribution in [0.5, 0.6) is 0 Å². The Kier molecular flexibility index (Phi) is 4.01. The molecule has 5 rings (SSSR count). The van der Waals surface area contributed by atoms with Gasteiger partial charge in [-0.3, -0.25) is 9.78 Å². The van der Waals surface area contributed by atoms with Gasteiger partial charge in [0.05, 0.1) is 30.8 Å². The number of nitrogens with zero attached hydrogens (tertiary/aromatic N) is 5. The number of hydrogen-bond donors (Lipinski definition) is 2. The summed E-state index contributed by atoms with van der Waals surface area (Å²) in [5, 5.41) is 11.6. The van der Waals surface area contributed by atoms with Crippen LogP contribution in [0.3, 0.4) is 0 Å². The molecule has 4 aromatic heterocycles. The largest absolute Gasteiger partial charge is 0.344 e. The van der Waals surface area contributed by atoms with Crippen LogP contribution in [0.15, 0.2) is 49.2 Å². The molecule has 0 bridgehead atoms. The molecule has 0 aliphatic rings. The van der Waals surface area contributed by atoms with Gasteiger partial charge in [-0.15, -0.1) is 0 Å². The van der Waals surface area contributed by atoms with E-state index in [4.69, 9.17) is 4.98 Å². The standard InChI is InChI=1S/C22H21N7/c1-13-4-5-16(14(2)6-13)11-29-12-17(7-26-29)19-8-23-22-21(19)27-20(10-24-22)18-9-25-28-15(18)3/h4-10,12H,11H2,1-3H3,(H,23,24)(H,25,28). The number of nitrogens with one attached hydrogen (secondary N) is 2. The fraction of sp³-hybridized carbons (Fsp3) is 0.182. The van der Waals surface area contributed by atoms with Crippen LogP contribution >= 0.6 is 0 Å². The fourth-order valence-electron chi connectivity index (χ4n) is 3.64. The van der Waals surface area contributed by atoms with E-state index in [-0.39, 0.29) is 0 Å². The zero-order chi connectivity index (χ0) is 20.0. The predicted octanol–water partition coefficient (Wildman–Crippen LogP) is 4.19. The van der Waals surface area contributed by atoms with Crippen molar-refractivity contribution in [2.24, 2.45) is 0 Å². The Morgan fingerprint density at radius 1 is 1.03 bits per heavy atom. The number of rotatable bonds is 4. The number of fused-ring (bicyclic) bond motifs is 1. The summed E-state index contributed by atoms with van der Waals surface area (Å²) in [5.74, 6) is 0. The van der Waals surface area contributed by atoms with Gasteiger partial charge >= 0.3 is 0 Å². The third kappa shape index (κ3) is 3.10. The smallest absolute Gasteiger partial charge is 0.156 e. The van der Waals surface area contributed by atoms with Crippen LogP contribution < -0.4 is 0 Å². The molecule has 29 heavy (non-hydrogen) atoms. The lowest BCUT2D eigenvalue weighted by molar-refractivity contribution is 0.684. The van der Waals surface area contributed by atoms with Crippen LogP contribution in [0.2, 0.25) is 0 Å². The third-order valence-corrected chi connectivity index (χ3v) is 5.26. The number of aromatic nitrogens is 7. The molecule has 0 amide bonds. The van der Waals surface area contributed by atoms with Crippen molar-refractivity contribution in [2.75, 3.05) is 0 Å². The second kappa shape index (κ2) is 6.70. The summed E-state index contributed by atoms with van der Waals surface area (Å²) in [7, 11) is 0. The normalized spacial score (nSPS) is 11.4. The first-order valence-electron chi connectivity index (χ1n) is 9.52. The molecule has 1 aromatic carbocycles. The maximum absolute atomic E-state index is 4.84. The van der Waals surface area contributed by atoms with Crippen LogP contribution in [-0.4, -0.2) is 34.9 Å². The van der Waals surface area contributed by atoms with Crippen molar-refractivity contribution in [1.29, 1.82) is 0 Å². The number of benzene rings is 1. The van der Waals surface area contributed by atoms with E-state index in [1.54, 1.807) is 12.4 Å². The van der Waals surface area contributed by atoms with Gasteiger partial charge in [0.15, 0.2) is 5.65 Å². The van der Waals surface area contributed by atoms with Crippen molar-refractivity contribution in [2.45, 2.75) is 27.3 Å². The maximum Gasteiger partial charge on any atom is 0.156 e. The molecule has 0 aliphatic heterocycles. The van der Waals surface area contributed by atoms with Crippen molar-refractivity contribution in [3.63, 3.8) is 0 Å². The van der Waals surface area contributed by atoms with Crippen molar-refractivity contribution in [3.8, 4) is 22.4 Å². The molecule has 0 radical (unpaired) electrons. The van der Waals surface area contributed by atoms with Gasteiger partial charge in [-0.25, -0.2) is 9.97 Å². The summed E-state index contributed by atoms with van der Waals surface area (Å²) < 4.78 is 1.96. The Morgan fingerprint density at radius 2 is 1.93 bits per heavy atom. The highest BCUT2D eigenvalue weighted by Gasteiger charge is 2.14. The van der Waals surface area contributed by atoms with E-state index in [9.17, 15) is 0 Å². The average Bonchev–Trinajstić information content (AvgIpc) is 3.42. The zero-order valence-corrected chi connectivity index (χ0v) is 16.6. The summed E-state index contributed by atoms with van der Waals surface area (Å²) in [5.41, 5.74) is 10.1. The first-order valence-corrected chi connectivity index (χ1v) is 9.52. The summed E-state index contributed by atoms with van der Waals surface area (Å²) in [6, 6.07) is 6.51. The van der Waals surface area contributed by atoms with E-state index in [2.05, 4.69) is 63.5 Å². The molecule has 144 valence electrons. The molecule has 0 spiro atoms. The van der Waals surface area contributed by atoms with E-state index in [0.29, 0.717) is 0 Å². The number of hydrogen-bond acceptors (Lipinski definition) is 4. The molecule has 2 N–H and O–H groups in total. The first-order chi connectivity index (χ1) is 14.1. The van der Waals surface area contributed by atoms with Gasteiger partial charge < -0.3 is 4.98 Å². The number of aromatic amines is 2. The Labute approximate surface area is 167 Å². The Morgan fingerprint density at radius 3 is 2.72 bits per heavy atom. The monoisotopic (exact) mass is 383 g/mol. The van der Waals surface area contributed by atoms with Gasteiger partial charge in [-0.1, -0.05) is 23.8 Å². The second-order valence-electron chi connectivity index (χ2n) is 7.42. The van der Waals surface area contributed by atoms with Crippen molar-refractivity contribution in [3.05, 3.63) is 71.6 Å². The first kappa shape index (κ1) is 17.4. The van der Waals surface area contributed by atoms with Crippen molar-refractivity contribution in [1.82, 2.24) is 34.9 Å². The lowest BCUT2D eigenvalue weighted by atomic mass is 10.1. The molecule has 7 heteroatoms. The molecular formula is C22H21N7.